The SMILES string of the molecule is CC(C)Cc1c(CNC(C)C)sc2ccc(F)cc12. The van der Waals surface area contributed by atoms with Gasteiger partial charge in [-0.15, -0.1) is 11.3 Å². The van der Waals surface area contributed by atoms with Gasteiger partial charge >= 0.3 is 0 Å². The highest BCUT2D eigenvalue weighted by Gasteiger charge is 2.14. The van der Waals surface area contributed by atoms with Crippen LogP contribution in [0.1, 0.15) is 38.1 Å². The van der Waals surface area contributed by atoms with Gasteiger partial charge in [-0.25, -0.2) is 4.39 Å². The molecule has 0 saturated carbocycles. The van der Waals surface area contributed by atoms with Crippen LogP contribution in [-0.2, 0) is 13.0 Å². The zero-order valence-corrected chi connectivity index (χ0v) is 12.9. The van der Waals surface area contributed by atoms with E-state index < -0.39 is 0 Å². The van der Waals surface area contributed by atoms with Gasteiger partial charge in [0, 0.05) is 22.2 Å². The zero-order valence-electron chi connectivity index (χ0n) is 12.1. The third-order valence-electron chi connectivity index (χ3n) is 3.12. The molecule has 0 amide bonds. The molecule has 0 radical (unpaired) electrons. The summed E-state index contributed by atoms with van der Waals surface area (Å²) in [6.45, 7) is 9.59. The van der Waals surface area contributed by atoms with Crippen LogP contribution in [0.5, 0.6) is 0 Å². The first-order chi connectivity index (χ1) is 8.97. The zero-order chi connectivity index (χ0) is 14.0. The van der Waals surface area contributed by atoms with E-state index in [-0.39, 0.29) is 5.82 Å². The molecule has 0 fully saturated rings. The maximum absolute atomic E-state index is 13.5. The predicted molar refractivity (Wildman–Crippen MR) is 82.3 cm³/mol. The molecule has 19 heavy (non-hydrogen) atoms. The van der Waals surface area contributed by atoms with E-state index in [9.17, 15) is 4.39 Å². The van der Waals surface area contributed by atoms with Crippen LogP contribution in [-0.4, -0.2) is 6.04 Å². The molecule has 0 aliphatic carbocycles. The van der Waals surface area contributed by atoms with Gasteiger partial charge < -0.3 is 5.32 Å². The van der Waals surface area contributed by atoms with Crippen LogP contribution in [0, 0.1) is 11.7 Å². The van der Waals surface area contributed by atoms with Gasteiger partial charge in [-0.2, -0.15) is 0 Å². The van der Waals surface area contributed by atoms with E-state index in [0.29, 0.717) is 12.0 Å². The molecular formula is C16H22FNS. The second-order valence-electron chi connectivity index (χ2n) is 5.78. The summed E-state index contributed by atoms with van der Waals surface area (Å²) in [7, 11) is 0. The molecule has 1 N–H and O–H groups in total. The minimum Gasteiger partial charge on any atom is -0.310 e. The van der Waals surface area contributed by atoms with Crippen molar-refractivity contribution in [2.45, 2.75) is 46.7 Å². The highest BCUT2D eigenvalue weighted by molar-refractivity contribution is 7.19. The Bertz CT molecular complexity index is 557. The lowest BCUT2D eigenvalue weighted by atomic mass is 9.99. The molecule has 0 unspecified atom stereocenters. The molecule has 1 aromatic carbocycles. The summed E-state index contributed by atoms with van der Waals surface area (Å²) in [4.78, 5) is 1.35. The Kier molecular flexibility index (Phi) is 4.58. The van der Waals surface area contributed by atoms with Crippen LogP contribution in [0.15, 0.2) is 18.2 Å². The van der Waals surface area contributed by atoms with Crippen LogP contribution in [0.4, 0.5) is 4.39 Å². The predicted octanol–water partition coefficient (Wildman–Crippen LogP) is 4.74. The molecular weight excluding hydrogens is 257 g/mol. The maximum atomic E-state index is 13.5. The van der Waals surface area contributed by atoms with Crippen LogP contribution in [0.25, 0.3) is 10.1 Å². The van der Waals surface area contributed by atoms with Gasteiger partial charge in [0.25, 0.3) is 0 Å². The van der Waals surface area contributed by atoms with E-state index in [0.717, 1.165) is 18.4 Å². The van der Waals surface area contributed by atoms with E-state index in [1.165, 1.54) is 15.1 Å². The van der Waals surface area contributed by atoms with Crippen LogP contribution >= 0.6 is 11.3 Å². The van der Waals surface area contributed by atoms with E-state index in [4.69, 9.17) is 0 Å². The monoisotopic (exact) mass is 279 g/mol. The van der Waals surface area contributed by atoms with Crippen LogP contribution < -0.4 is 5.32 Å². The average molecular weight is 279 g/mol. The minimum absolute atomic E-state index is 0.140. The fourth-order valence-electron chi connectivity index (χ4n) is 2.24. The van der Waals surface area contributed by atoms with Crippen LogP contribution in [0.2, 0.25) is 0 Å². The Hall–Kier alpha value is -0.930. The topological polar surface area (TPSA) is 12.0 Å². The van der Waals surface area contributed by atoms with Gasteiger partial charge in [-0.1, -0.05) is 27.7 Å². The highest BCUT2D eigenvalue weighted by Crippen LogP contribution is 2.33. The number of hydrogen-bond acceptors (Lipinski definition) is 2. The molecule has 0 atom stereocenters. The van der Waals surface area contributed by atoms with Crippen LogP contribution in [0.3, 0.4) is 0 Å². The van der Waals surface area contributed by atoms with Crippen molar-refractivity contribution in [3.8, 4) is 0 Å². The van der Waals surface area contributed by atoms with Gasteiger partial charge in [0.05, 0.1) is 0 Å². The summed E-state index contributed by atoms with van der Waals surface area (Å²) >= 11 is 1.79. The van der Waals surface area contributed by atoms with Gasteiger partial charge in [-0.3, -0.25) is 0 Å². The van der Waals surface area contributed by atoms with Crippen molar-refractivity contribution in [3.05, 3.63) is 34.5 Å². The molecule has 3 heteroatoms. The first-order valence-corrected chi connectivity index (χ1v) is 7.72. The summed E-state index contributed by atoms with van der Waals surface area (Å²) in [6, 6.07) is 5.60. The Morgan fingerprint density at radius 3 is 2.58 bits per heavy atom. The summed E-state index contributed by atoms with van der Waals surface area (Å²) in [5.74, 6) is 0.442. The number of halogens is 1. The molecule has 104 valence electrons. The lowest BCUT2D eigenvalue weighted by molar-refractivity contribution is 0.585. The number of hydrogen-bond donors (Lipinski definition) is 1. The minimum atomic E-state index is -0.140. The third-order valence-corrected chi connectivity index (χ3v) is 4.33. The molecule has 0 saturated heterocycles. The second kappa shape index (κ2) is 6.02. The molecule has 0 aliphatic heterocycles. The lowest BCUT2D eigenvalue weighted by Crippen LogP contribution is -2.21. The van der Waals surface area contributed by atoms with Gasteiger partial charge in [0.15, 0.2) is 0 Å². The second-order valence-corrected chi connectivity index (χ2v) is 6.91. The first kappa shape index (κ1) is 14.5. The molecule has 1 aromatic heterocycles. The van der Waals surface area contributed by atoms with Crippen molar-refractivity contribution in [1.82, 2.24) is 5.32 Å². The average Bonchev–Trinajstić information content (AvgIpc) is 2.64. The van der Waals surface area contributed by atoms with Crippen molar-refractivity contribution in [2.75, 3.05) is 0 Å². The quantitative estimate of drug-likeness (QED) is 0.833. The Labute approximate surface area is 118 Å². The normalized spacial score (nSPS) is 11.9. The van der Waals surface area contributed by atoms with Gasteiger partial charge in [-0.05, 0) is 41.5 Å². The smallest absolute Gasteiger partial charge is 0.123 e. The Balaban J connectivity index is 2.42. The van der Waals surface area contributed by atoms with E-state index in [2.05, 4.69) is 33.0 Å². The summed E-state index contributed by atoms with van der Waals surface area (Å²) in [5.41, 5.74) is 1.32. The maximum Gasteiger partial charge on any atom is 0.123 e. The molecule has 1 heterocycles. The number of rotatable bonds is 5. The van der Waals surface area contributed by atoms with Crippen molar-refractivity contribution < 1.29 is 4.39 Å². The Morgan fingerprint density at radius 1 is 1.21 bits per heavy atom. The highest BCUT2D eigenvalue weighted by atomic mass is 32.1. The van der Waals surface area contributed by atoms with Gasteiger partial charge in [0.1, 0.15) is 5.82 Å². The first-order valence-electron chi connectivity index (χ1n) is 6.90. The lowest BCUT2D eigenvalue weighted by Gasteiger charge is -2.10. The van der Waals surface area contributed by atoms with Crippen molar-refractivity contribution in [2.24, 2.45) is 5.92 Å². The molecule has 2 aromatic rings. The molecule has 1 nitrogen and oxygen atoms in total. The molecule has 2 rings (SSSR count). The molecule has 0 spiro atoms. The number of fused-ring (bicyclic) bond motifs is 1. The standard InChI is InChI=1S/C16H22FNS/c1-10(2)7-13-14-8-12(17)5-6-15(14)19-16(13)9-18-11(3)4/h5-6,8,10-11,18H,7,9H2,1-4H3. The Morgan fingerprint density at radius 2 is 1.95 bits per heavy atom. The van der Waals surface area contributed by atoms with Crippen molar-refractivity contribution >= 4 is 21.4 Å². The number of thiophene rings is 1. The van der Waals surface area contributed by atoms with Gasteiger partial charge in [0.2, 0.25) is 0 Å². The largest absolute Gasteiger partial charge is 0.310 e. The summed E-state index contributed by atoms with van der Waals surface area (Å²) in [5, 5.41) is 4.56. The van der Waals surface area contributed by atoms with E-state index in [1.54, 1.807) is 23.5 Å². The van der Waals surface area contributed by atoms with Crippen molar-refractivity contribution in [3.63, 3.8) is 0 Å². The summed E-state index contributed by atoms with van der Waals surface area (Å²) < 4.78 is 14.7. The number of nitrogens with one attached hydrogen (secondary N) is 1. The summed E-state index contributed by atoms with van der Waals surface area (Å²) in [6.07, 6.45) is 1.01. The molecule has 0 aliphatic rings. The molecule has 0 bridgehead atoms. The number of benzene rings is 1. The van der Waals surface area contributed by atoms with E-state index in [1.807, 2.05) is 6.07 Å². The fraction of sp³-hybridized carbons (Fsp3) is 0.500. The van der Waals surface area contributed by atoms with Crippen molar-refractivity contribution in [1.29, 1.82) is 0 Å². The van der Waals surface area contributed by atoms with E-state index >= 15 is 0 Å². The third kappa shape index (κ3) is 3.54. The fourth-order valence-corrected chi connectivity index (χ4v) is 3.41.